The van der Waals surface area contributed by atoms with E-state index in [0.717, 1.165) is 12.1 Å². The average Bonchev–Trinajstić information content (AvgIpc) is 2.52. The minimum absolute atomic E-state index is 0.108. The van der Waals surface area contributed by atoms with E-state index in [1.54, 1.807) is 12.1 Å². The van der Waals surface area contributed by atoms with Gasteiger partial charge in [0.15, 0.2) is 0 Å². The minimum atomic E-state index is -1.03. The Kier molecular flexibility index (Phi) is 4.02. The number of carbonyl (C=O) groups excluding carboxylic acids is 1. The Bertz CT molecular complexity index is 1030. The van der Waals surface area contributed by atoms with Gasteiger partial charge in [-0.1, -0.05) is 11.6 Å². The number of nitrogens with one attached hydrogen (secondary N) is 1. The number of aryl methyl sites for hydroxylation is 1. The van der Waals surface area contributed by atoms with Crippen LogP contribution >= 0.6 is 11.6 Å². The molecule has 2 aromatic heterocycles. The van der Waals surface area contributed by atoms with Crippen molar-refractivity contribution in [1.82, 2.24) is 9.38 Å². The van der Waals surface area contributed by atoms with E-state index in [2.05, 4.69) is 10.3 Å². The number of carbonyl (C=O) groups is 1. The first kappa shape index (κ1) is 16.1. The third-order valence-electron chi connectivity index (χ3n) is 3.38. The first-order valence-electron chi connectivity index (χ1n) is 6.82. The summed E-state index contributed by atoms with van der Waals surface area (Å²) in [7, 11) is 0. The van der Waals surface area contributed by atoms with Gasteiger partial charge in [-0.15, -0.1) is 0 Å². The molecule has 0 atom stereocenters. The zero-order valence-electron chi connectivity index (χ0n) is 12.3. The van der Waals surface area contributed by atoms with Crippen LogP contribution in [0.3, 0.4) is 0 Å². The van der Waals surface area contributed by atoms with Gasteiger partial charge in [-0.25, -0.2) is 13.8 Å². The zero-order valence-corrected chi connectivity index (χ0v) is 13.1. The Labute approximate surface area is 139 Å². The summed E-state index contributed by atoms with van der Waals surface area (Å²) >= 11 is 5.86. The van der Waals surface area contributed by atoms with Crippen molar-refractivity contribution in [1.29, 1.82) is 0 Å². The zero-order chi connectivity index (χ0) is 17.4. The van der Waals surface area contributed by atoms with Crippen LogP contribution in [-0.2, 0) is 0 Å². The molecule has 0 saturated carbocycles. The van der Waals surface area contributed by atoms with Crippen LogP contribution in [0.15, 0.2) is 41.3 Å². The van der Waals surface area contributed by atoms with E-state index in [9.17, 15) is 18.4 Å². The first-order chi connectivity index (χ1) is 11.4. The molecule has 0 unspecified atom stereocenters. The van der Waals surface area contributed by atoms with Crippen LogP contribution < -0.4 is 10.9 Å². The highest BCUT2D eigenvalue weighted by Gasteiger charge is 2.17. The van der Waals surface area contributed by atoms with Gasteiger partial charge < -0.3 is 5.32 Å². The average molecular weight is 350 g/mol. The van der Waals surface area contributed by atoms with E-state index in [0.29, 0.717) is 16.7 Å². The second-order valence-corrected chi connectivity index (χ2v) is 5.47. The summed E-state index contributed by atoms with van der Waals surface area (Å²) in [6.45, 7) is 1.53. The maximum Gasteiger partial charge on any atom is 0.281 e. The monoisotopic (exact) mass is 349 g/mol. The fourth-order valence-electron chi connectivity index (χ4n) is 2.22. The van der Waals surface area contributed by atoms with Crippen LogP contribution in [-0.4, -0.2) is 15.3 Å². The van der Waals surface area contributed by atoms with Crippen LogP contribution in [0.25, 0.3) is 5.65 Å². The summed E-state index contributed by atoms with van der Waals surface area (Å²) in [5, 5.41) is 2.64. The van der Waals surface area contributed by atoms with Gasteiger partial charge in [0.1, 0.15) is 23.0 Å². The van der Waals surface area contributed by atoms with Gasteiger partial charge in [-0.2, -0.15) is 0 Å². The van der Waals surface area contributed by atoms with E-state index >= 15 is 0 Å². The number of anilines is 1. The van der Waals surface area contributed by atoms with E-state index in [-0.39, 0.29) is 16.9 Å². The molecule has 0 bridgehead atoms. The highest BCUT2D eigenvalue weighted by atomic mass is 35.5. The largest absolute Gasteiger partial charge is 0.316 e. The molecule has 2 heterocycles. The lowest BCUT2D eigenvalue weighted by atomic mass is 10.2. The van der Waals surface area contributed by atoms with Crippen LogP contribution in [0, 0.1) is 18.6 Å². The number of nitrogens with zero attached hydrogens (tertiary/aromatic N) is 2. The highest BCUT2D eigenvalue weighted by molar-refractivity contribution is 6.30. The number of amides is 1. The normalized spacial score (nSPS) is 10.8. The van der Waals surface area contributed by atoms with Gasteiger partial charge in [0.05, 0.1) is 16.3 Å². The van der Waals surface area contributed by atoms with Gasteiger partial charge >= 0.3 is 0 Å². The van der Waals surface area contributed by atoms with E-state index < -0.39 is 23.1 Å². The van der Waals surface area contributed by atoms with Crippen molar-refractivity contribution in [3.63, 3.8) is 0 Å². The van der Waals surface area contributed by atoms with Crippen molar-refractivity contribution in [2.75, 3.05) is 5.32 Å². The van der Waals surface area contributed by atoms with E-state index in [1.165, 1.54) is 17.5 Å². The topological polar surface area (TPSA) is 63.5 Å². The lowest BCUT2D eigenvalue weighted by Crippen LogP contribution is -2.25. The molecular formula is C16H10ClF2N3O2. The van der Waals surface area contributed by atoms with Gasteiger partial charge in [0.25, 0.3) is 11.5 Å². The third-order valence-corrected chi connectivity index (χ3v) is 3.61. The molecule has 0 spiro atoms. The number of rotatable bonds is 2. The SMILES string of the molecule is Cc1nc2ccc(Cl)cn2c(=O)c1NC(=O)c1ccc(F)cc1F. The second kappa shape index (κ2) is 6.01. The maximum absolute atomic E-state index is 13.7. The molecule has 0 aliphatic heterocycles. The fraction of sp³-hybridized carbons (Fsp3) is 0.0625. The number of benzene rings is 1. The number of hydrogen-bond donors (Lipinski definition) is 1. The van der Waals surface area contributed by atoms with Crippen molar-refractivity contribution >= 4 is 28.8 Å². The molecule has 1 aromatic carbocycles. The Morgan fingerprint density at radius 2 is 2.00 bits per heavy atom. The Morgan fingerprint density at radius 3 is 2.71 bits per heavy atom. The molecule has 1 amide bonds. The molecule has 3 rings (SSSR count). The lowest BCUT2D eigenvalue weighted by Gasteiger charge is -2.10. The number of hydrogen-bond acceptors (Lipinski definition) is 3. The molecule has 1 N–H and O–H groups in total. The van der Waals surface area contributed by atoms with E-state index in [1.807, 2.05) is 0 Å². The summed E-state index contributed by atoms with van der Waals surface area (Å²) in [4.78, 5) is 28.9. The number of fused-ring (bicyclic) bond motifs is 1. The van der Waals surface area contributed by atoms with E-state index in [4.69, 9.17) is 11.6 Å². The van der Waals surface area contributed by atoms with Crippen molar-refractivity contribution in [3.8, 4) is 0 Å². The predicted molar refractivity (Wildman–Crippen MR) is 85.5 cm³/mol. The van der Waals surface area contributed by atoms with Crippen LogP contribution in [0.1, 0.15) is 16.1 Å². The number of aromatic nitrogens is 2. The third kappa shape index (κ3) is 2.85. The summed E-state index contributed by atoms with van der Waals surface area (Å²) < 4.78 is 27.8. The molecule has 8 heteroatoms. The standard InChI is InChI=1S/C16H10ClF2N3O2/c1-8-14(16(24)22-7-9(17)2-5-13(22)20-8)21-15(23)11-4-3-10(18)6-12(11)19/h2-7H,1H3,(H,21,23). The molecule has 24 heavy (non-hydrogen) atoms. The molecule has 0 aliphatic rings. The smallest absolute Gasteiger partial charge is 0.281 e. The Hall–Kier alpha value is -2.80. The summed E-state index contributed by atoms with van der Waals surface area (Å²) in [6.07, 6.45) is 1.36. The highest BCUT2D eigenvalue weighted by Crippen LogP contribution is 2.15. The number of halogens is 3. The molecule has 0 saturated heterocycles. The Balaban J connectivity index is 2.06. The molecule has 0 radical (unpaired) electrons. The van der Waals surface area contributed by atoms with Gasteiger partial charge in [-0.3, -0.25) is 14.0 Å². The van der Waals surface area contributed by atoms with Gasteiger partial charge in [0.2, 0.25) is 0 Å². The van der Waals surface area contributed by atoms with Crippen molar-refractivity contribution in [2.24, 2.45) is 0 Å². The summed E-state index contributed by atoms with van der Waals surface area (Å²) in [5.74, 6) is -2.71. The van der Waals surface area contributed by atoms with Gasteiger partial charge in [-0.05, 0) is 31.2 Å². The van der Waals surface area contributed by atoms with Crippen LogP contribution in [0.4, 0.5) is 14.5 Å². The summed E-state index contributed by atoms with van der Waals surface area (Å²) in [6, 6.07) is 5.68. The molecule has 3 aromatic rings. The Morgan fingerprint density at radius 1 is 1.25 bits per heavy atom. The first-order valence-corrected chi connectivity index (χ1v) is 7.19. The molecule has 0 fully saturated rings. The molecule has 0 aliphatic carbocycles. The number of pyridine rings is 1. The van der Waals surface area contributed by atoms with Crippen molar-refractivity contribution in [3.05, 3.63) is 74.8 Å². The quantitative estimate of drug-likeness (QED) is 0.773. The molecular weight excluding hydrogens is 340 g/mol. The second-order valence-electron chi connectivity index (χ2n) is 5.03. The minimum Gasteiger partial charge on any atom is -0.316 e. The van der Waals surface area contributed by atoms with Crippen molar-refractivity contribution in [2.45, 2.75) is 6.92 Å². The molecule has 122 valence electrons. The van der Waals surface area contributed by atoms with Crippen molar-refractivity contribution < 1.29 is 13.6 Å². The van der Waals surface area contributed by atoms with Crippen LogP contribution in [0.2, 0.25) is 5.02 Å². The summed E-state index contributed by atoms with van der Waals surface area (Å²) in [5.41, 5.74) is -0.434. The predicted octanol–water partition coefficient (Wildman–Crippen LogP) is 3.19. The lowest BCUT2D eigenvalue weighted by molar-refractivity contribution is 0.102. The fourth-order valence-corrected chi connectivity index (χ4v) is 2.38. The van der Waals surface area contributed by atoms with Crippen LogP contribution in [0.5, 0.6) is 0 Å². The molecule has 5 nitrogen and oxygen atoms in total. The van der Waals surface area contributed by atoms with Gasteiger partial charge in [0, 0.05) is 12.3 Å². The maximum atomic E-state index is 13.7.